The van der Waals surface area contributed by atoms with Crippen LogP contribution in [-0.2, 0) is 4.79 Å². The molecule has 82 valence electrons. The summed E-state index contributed by atoms with van der Waals surface area (Å²) in [5, 5.41) is 2.29. The van der Waals surface area contributed by atoms with E-state index in [-0.39, 0.29) is 12.1 Å². The van der Waals surface area contributed by atoms with E-state index in [0.29, 0.717) is 13.3 Å². The molecule has 2 atom stereocenters. The van der Waals surface area contributed by atoms with E-state index in [1.165, 1.54) is 0 Å². The van der Waals surface area contributed by atoms with Gasteiger partial charge in [0, 0.05) is 19.0 Å². The maximum atomic E-state index is 12.5. The zero-order chi connectivity index (χ0) is 10.8. The van der Waals surface area contributed by atoms with Crippen LogP contribution in [0.3, 0.4) is 0 Å². The van der Waals surface area contributed by atoms with Gasteiger partial charge in [-0.3, -0.25) is 4.79 Å². The normalized spacial score (nSPS) is 28.6. The summed E-state index contributed by atoms with van der Waals surface area (Å²) in [6, 6.07) is -0.475. The average molecular weight is 206 g/mol. The number of rotatable bonds is 2. The van der Waals surface area contributed by atoms with Crippen LogP contribution >= 0.6 is 0 Å². The molecule has 1 aliphatic carbocycles. The van der Waals surface area contributed by atoms with Crippen LogP contribution in [0, 0.1) is 0 Å². The molecule has 1 rings (SSSR count). The molecule has 1 amide bonds. The minimum absolute atomic E-state index is 0.185. The maximum absolute atomic E-state index is 12.5. The van der Waals surface area contributed by atoms with Gasteiger partial charge < -0.3 is 11.1 Å². The number of nitrogens with one attached hydrogen (secondary N) is 1. The molecular formula is C9H16F2N2O. The Morgan fingerprint density at radius 1 is 1.43 bits per heavy atom. The van der Waals surface area contributed by atoms with Crippen LogP contribution in [-0.4, -0.2) is 23.9 Å². The topological polar surface area (TPSA) is 55.1 Å². The lowest BCUT2D eigenvalue weighted by atomic mass is 9.91. The summed E-state index contributed by atoms with van der Waals surface area (Å²) in [4.78, 5) is 11.0. The van der Waals surface area contributed by atoms with Gasteiger partial charge in [0.2, 0.25) is 0 Å². The van der Waals surface area contributed by atoms with Crippen molar-refractivity contribution < 1.29 is 13.6 Å². The van der Waals surface area contributed by atoms with Gasteiger partial charge >= 0.3 is 5.92 Å². The highest BCUT2D eigenvalue weighted by molar-refractivity contribution is 5.83. The number of amides is 1. The van der Waals surface area contributed by atoms with E-state index in [1.807, 2.05) is 0 Å². The molecule has 0 saturated heterocycles. The number of hydrogen-bond donors (Lipinski definition) is 2. The molecule has 1 aliphatic rings. The Kier molecular flexibility index (Phi) is 3.42. The van der Waals surface area contributed by atoms with Gasteiger partial charge in [0.15, 0.2) is 0 Å². The Morgan fingerprint density at radius 2 is 2.00 bits per heavy atom. The van der Waals surface area contributed by atoms with Crippen molar-refractivity contribution in [2.24, 2.45) is 5.73 Å². The van der Waals surface area contributed by atoms with Crippen molar-refractivity contribution in [2.45, 2.75) is 50.6 Å². The van der Waals surface area contributed by atoms with Crippen molar-refractivity contribution in [3.05, 3.63) is 0 Å². The van der Waals surface area contributed by atoms with Crippen LogP contribution in [0.5, 0.6) is 0 Å². The lowest BCUT2D eigenvalue weighted by Crippen LogP contribution is -2.52. The summed E-state index contributed by atoms with van der Waals surface area (Å²) >= 11 is 0. The Bertz CT molecular complexity index is 215. The van der Waals surface area contributed by atoms with Crippen LogP contribution in [0.4, 0.5) is 8.78 Å². The third-order valence-corrected chi connectivity index (χ3v) is 2.53. The fourth-order valence-electron chi connectivity index (χ4n) is 1.63. The number of carbonyl (C=O) groups excluding carboxylic acids is 1. The van der Waals surface area contributed by atoms with Gasteiger partial charge in [-0.1, -0.05) is 12.8 Å². The first-order valence-corrected chi connectivity index (χ1v) is 4.85. The van der Waals surface area contributed by atoms with Crippen molar-refractivity contribution in [2.75, 3.05) is 0 Å². The standard InChI is InChI=1S/C9H16F2N2O/c1-9(10,11)8(14)13-7-5-3-2-4-6(7)12/h6-7H,2-5,12H2,1H3,(H,13,14). The number of hydrogen-bond acceptors (Lipinski definition) is 2. The molecule has 2 unspecified atom stereocenters. The van der Waals surface area contributed by atoms with E-state index in [9.17, 15) is 13.6 Å². The van der Waals surface area contributed by atoms with Gasteiger partial charge in [-0.2, -0.15) is 8.78 Å². The first-order valence-electron chi connectivity index (χ1n) is 4.85. The second-order valence-corrected chi connectivity index (χ2v) is 3.92. The van der Waals surface area contributed by atoms with Crippen molar-refractivity contribution >= 4 is 5.91 Å². The maximum Gasteiger partial charge on any atom is 0.321 e. The van der Waals surface area contributed by atoms with Gasteiger partial charge in [0.1, 0.15) is 0 Å². The molecule has 5 heteroatoms. The van der Waals surface area contributed by atoms with Gasteiger partial charge in [-0.15, -0.1) is 0 Å². The lowest BCUT2D eigenvalue weighted by Gasteiger charge is -2.30. The molecule has 3 nitrogen and oxygen atoms in total. The zero-order valence-corrected chi connectivity index (χ0v) is 8.22. The molecule has 0 heterocycles. The van der Waals surface area contributed by atoms with Gasteiger partial charge in [-0.25, -0.2) is 0 Å². The summed E-state index contributed by atoms with van der Waals surface area (Å²) in [5.74, 6) is -4.53. The van der Waals surface area contributed by atoms with E-state index in [2.05, 4.69) is 5.32 Å². The molecule has 0 aromatic rings. The summed E-state index contributed by atoms with van der Waals surface area (Å²) in [7, 11) is 0. The molecule has 1 saturated carbocycles. The fourth-order valence-corrected chi connectivity index (χ4v) is 1.63. The second kappa shape index (κ2) is 4.21. The quantitative estimate of drug-likeness (QED) is 0.709. The molecule has 0 bridgehead atoms. The van der Waals surface area contributed by atoms with Crippen LogP contribution < -0.4 is 11.1 Å². The zero-order valence-electron chi connectivity index (χ0n) is 8.22. The molecular weight excluding hydrogens is 190 g/mol. The summed E-state index contributed by atoms with van der Waals surface area (Å²) < 4.78 is 25.1. The Labute approximate surface area is 82.0 Å². The van der Waals surface area contributed by atoms with E-state index in [1.54, 1.807) is 0 Å². The van der Waals surface area contributed by atoms with E-state index in [0.717, 1.165) is 19.3 Å². The van der Waals surface area contributed by atoms with Crippen molar-refractivity contribution in [3.8, 4) is 0 Å². The number of nitrogens with two attached hydrogens (primary N) is 1. The molecule has 0 aromatic carbocycles. The largest absolute Gasteiger partial charge is 0.347 e. The second-order valence-electron chi connectivity index (χ2n) is 3.92. The third kappa shape index (κ3) is 2.90. The van der Waals surface area contributed by atoms with Gasteiger partial charge in [-0.05, 0) is 12.8 Å². The van der Waals surface area contributed by atoms with Crippen LogP contribution in [0.2, 0.25) is 0 Å². The van der Waals surface area contributed by atoms with Crippen molar-refractivity contribution in [1.29, 1.82) is 0 Å². The monoisotopic (exact) mass is 206 g/mol. The molecule has 3 N–H and O–H groups in total. The summed E-state index contributed by atoms with van der Waals surface area (Å²) in [6.45, 7) is 0.594. The number of halogens is 2. The summed E-state index contributed by atoms with van der Waals surface area (Å²) in [5.41, 5.74) is 5.71. The average Bonchev–Trinajstić information content (AvgIpc) is 2.07. The SMILES string of the molecule is CC(F)(F)C(=O)NC1CCCCC1N. The Morgan fingerprint density at radius 3 is 2.50 bits per heavy atom. The Hall–Kier alpha value is -0.710. The molecule has 0 aliphatic heterocycles. The highest BCUT2D eigenvalue weighted by atomic mass is 19.3. The predicted octanol–water partition coefficient (Wildman–Crippen LogP) is 1.03. The van der Waals surface area contributed by atoms with Crippen molar-refractivity contribution in [3.63, 3.8) is 0 Å². The van der Waals surface area contributed by atoms with E-state index in [4.69, 9.17) is 5.73 Å². The van der Waals surface area contributed by atoms with Crippen molar-refractivity contribution in [1.82, 2.24) is 5.32 Å². The minimum atomic E-state index is -3.31. The van der Waals surface area contributed by atoms with Gasteiger partial charge in [0.25, 0.3) is 5.91 Å². The number of carbonyl (C=O) groups is 1. The van der Waals surface area contributed by atoms with Gasteiger partial charge in [0.05, 0.1) is 0 Å². The van der Waals surface area contributed by atoms with E-state index < -0.39 is 11.8 Å². The number of alkyl halides is 2. The molecule has 0 radical (unpaired) electrons. The highest BCUT2D eigenvalue weighted by Gasteiger charge is 2.35. The minimum Gasteiger partial charge on any atom is -0.347 e. The summed E-state index contributed by atoms with van der Waals surface area (Å²) in [6.07, 6.45) is 3.44. The fraction of sp³-hybridized carbons (Fsp3) is 0.889. The first-order chi connectivity index (χ1) is 6.41. The molecule has 14 heavy (non-hydrogen) atoms. The van der Waals surface area contributed by atoms with Crippen LogP contribution in [0.25, 0.3) is 0 Å². The third-order valence-electron chi connectivity index (χ3n) is 2.53. The van der Waals surface area contributed by atoms with E-state index >= 15 is 0 Å². The van der Waals surface area contributed by atoms with Crippen LogP contribution in [0.1, 0.15) is 32.6 Å². The molecule has 0 spiro atoms. The lowest BCUT2D eigenvalue weighted by molar-refractivity contribution is -0.144. The highest BCUT2D eigenvalue weighted by Crippen LogP contribution is 2.19. The smallest absolute Gasteiger partial charge is 0.321 e. The predicted molar refractivity (Wildman–Crippen MR) is 49.0 cm³/mol. The van der Waals surface area contributed by atoms with Crippen LogP contribution in [0.15, 0.2) is 0 Å². The molecule has 1 fully saturated rings. The first kappa shape index (κ1) is 11.4. The molecule has 0 aromatic heterocycles. The Balaban J connectivity index is 2.46.